The van der Waals surface area contributed by atoms with Gasteiger partial charge in [-0.1, -0.05) is 59.3 Å². The molecule has 2 aromatic heterocycles. The molecule has 0 nitrogen and oxygen atoms in total. The molecular formula is C25H36S2. The minimum Gasteiger partial charge on any atom is -0.139 e. The van der Waals surface area contributed by atoms with Gasteiger partial charge >= 0.3 is 0 Å². The lowest BCUT2D eigenvalue weighted by molar-refractivity contribution is 0.443. The predicted molar refractivity (Wildman–Crippen MR) is 123 cm³/mol. The van der Waals surface area contributed by atoms with Gasteiger partial charge in [0.15, 0.2) is 0 Å². The Morgan fingerprint density at radius 3 is 1.85 bits per heavy atom. The summed E-state index contributed by atoms with van der Waals surface area (Å²) >= 11 is 4.17. The molecule has 2 heteroatoms. The van der Waals surface area contributed by atoms with E-state index in [2.05, 4.69) is 62.5 Å². The Kier molecular flexibility index (Phi) is 5.86. The summed E-state index contributed by atoms with van der Waals surface area (Å²) in [6.45, 7) is 9.50. The van der Waals surface area contributed by atoms with Crippen LogP contribution < -0.4 is 0 Å². The van der Waals surface area contributed by atoms with E-state index in [1.807, 2.05) is 0 Å². The van der Waals surface area contributed by atoms with Gasteiger partial charge in [0, 0.05) is 19.5 Å². The van der Waals surface area contributed by atoms with E-state index in [0.29, 0.717) is 0 Å². The van der Waals surface area contributed by atoms with Crippen molar-refractivity contribution in [2.24, 2.45) is 0 Å². The summed E-state index contributed by atoms with van der Waals surface area (Å²) < 4.78 is 0. The molecule has 148 valence electrons. The van der Waals surface area contributed by atoms with E-state index >= 15 is 0 Å². The second-order valence-corrected chi connectivity index (χ2v) is 12.2. The second-order valence-electron chi connectivity index (χ2n) is 9.94. The molecule has 4 rings (SSSR count). The summed E-state index contributed by atoms with van der Waals surface area (Å²) in [5.74, 6) is 1.62. The van der Waals surface area contributed by atoms with Gasteiger partial charge in [-0.3, -0.25) is 0 Å². The van der Waals surface area contributed by atoms with Crippen LogP contribution in [0.3, 0.4) is 0 Å². The normalized spacial score (nSPS) is 20.3. The van der Waals surface area contributed by atoms with Crippen molar-refractivity contribution in [3.63, 3.8) is 0 Å². The molecule has 2 aromatic rings. The van der Waals surface area contributed by atoms with Crippen LogP contribution in [0.1, 0.15) is 118 Å². The summed E-state index contributed by atoms with van der Waals surface area (Å²) in [6.07, 6.45) is 14.2. The van der Waals surface area contributed by atoms with Crippen molar-refractivity contribution in [2.75, 3.05) is 0 Å². The van der Waals surface area contributed by atoms with Crippen LogP contribution in [0.2, 0.25) is 0 Å². The largest absolute Gasteiger partial charge is 0.139 e. The van der Waals surface area contributed by atoms with Gasteiger partial charge in [0.2, 0.25) is 0 Å². The topological polar surface area (TPSA) is 0 Å². The fraction of sp³-hybridized carbons (Fsp3) is 0.680. The highest BCUT2D eigenvalue weighted by molar-refractivity contribution is 7.22. The minimum absolute atomic E-state index is 0.255. The van der Waals surface area contributed by atoms with E-state index < -0.39 is 0 Å². The molecule has 0 unspecified atom stereocenters. The second kappa shape index (κ2) is 8.03. The SMILES string of the molecule is Cc1sc(-c2sc(C(C)(C)C)cc2C2CCCCC2)cc1C1CCCCC1. The average Bonchev–Trinajstić information content (AvgIpc) is 3.27. The van der Waals surface area contributed by atoms with E-state index in [0.717, 1.165) is 11.8 Å². The molecule has 2 aliphatic carbocycles. The number of hydrogen-bond acceptors (Lipinski definition) is 2. The molecule has 2 saturated carbocycles. The van der Waals surface area contributed by atoms with Crippen LogP contribution >= 0.6 is 22.7 Å². The van der Waals surface area contributed by atoms with E-state index in [9.17, 15) is 0 Å². The van der Waals surface area contributed by atoms with Crippen molar-refractivity contribution in [1.29, 1.82) is 0 Å². The van der Waals surface area contributed by atoms with E-state index in [1.165, 1.54) is 64.2 Å². The number of aryl methyl sites for hydroxylation is 1. The van der Waals surface area contributed by atoms with Gasteiger partial charge in [-0.15, -0.1) is 22.7 Å². The molecule has 0 N–H and O–H groups in total. The Balaban J connectivity index is 1.72. The van der Waals surface area contributed by atoms with Crippen LogP contribution in [0.5, 0.6) is 0 Å². The fourth-order valence-corrected chi connectivity index (χ4v) is 7.65. The van der Waals surface area contributed by atoms with Gasteiger partial charge < -0.3 is 0 Å². The highest BCUT2D eigenvalue weighted by atomic mass is 32.1. The lowest BCUT2D eigenvalue weighted by atomic mass is 9.82. The maximum atomic E-state index is 2.60. The Morgan fingerprint density at radius 1 is 0.741 bits per heavy atom. The predicted octanol–water partition coefficient (Wildman–Crippen LogP) is 9.18. The molecule has 0 atom stereocenters. The van der Waals surface area contributed by atoms with Crippen molar-refractivity contribution in [3.8, 4) is 9.75 Å². The standard InChI is InChI=1S/C25H36S2/c1-17-20(18-11-7-5-8-12-18)15-22(26-17)24-21(19-13-9-6-10-14-19)16-23(27-24)25(2,3)4/h15-16,18-19H,5-14H2,1-4H3. The van der Waals surface area contributed by atoms with Crippen LogP contribution in [0, 0.1) is 6.92 Å². The quantitative estimate of drug-likeness (QED) is 0.481. The van der Waals surface area contributed by atoms with E-state index in [-0.39, 0.29) is 5.41 Å². The maximum absolute atomic E-state index is 2.60. The third-order valence-corrected chi connectivity index (χ3v) is 9.59. The third kappa shape index (κ3) is 4.22. The lowest BCUT2D eigenvalue weighted by Gasteiger charge is -2.22. The molecule has 0 saturated heterocycles. The molecule has 2 aliphatic rings. The first kappa shape index (κ1) is 19.7. The molecule has 0 spiro atoms. The summed E-state index contributed by atoms with van der Waals surface area (Å²) in [7, 11) is 0. The first-order chi connectivity index (χ1) is 12.9. The van der Waals surface area contributed by atoms with Gasteiger partial charge in [-0.05, 0) is 73.1 Å². The van der Waals surface area contributed by atoms with Crippen molar-refractivity contribution in [3.05, 3.63) is 33.0 Å². The zero-order valence-corrected chi connectivity index (χ0v) is 19.3. The van der Waals surface area contributed by atoms with Gasteiger partial charge in [-0.25, -0.2) is 0 Å². The number of rotatable bonds is 3. The monoisotopic (exact) mass is 400 g/mol. The van der Waals surface area contributed by atoms with Crippen LogP contribution in [-0.2, 0) is 5.41 Å². The fourth-order valence-electron chi connectivity index (χ4n) is 5.11. The zero-order chi connectivity index (χ0) is 19.0. The highest BCUT2D eigenvalue weighted by Crippen LogP contribution is 2.49. The highest BCUT2D eigenvalue weighted by Gasteiger charge is 2.27. The van der Waals surface area contributed by atoms with Crippen LogP contribution in [0.15, 0.2) is 12.1 Å². The van der Waals surface area contributed by atoms with Crippen LogP contribution in [0.25, 0.3) is 9.75 Å². The first-order valence-corrected chi connectivity index (χ1v) is 12.8. The summed E-state index contributed by atoms with van der Waals surface area (Å²) in [5, 5.41) is 0. The van der Waals surface area contributed by atoms with Crippen LogP contribution in [0.4, 0.5) is 0 Å². The Labute approximate surface area is 174 Å². The Morgan fingerprint density at radius 2 is 1.30 bits per heavy atom. The van der Waals surface area contributed by atoms with Crippen molar-refractivity contribution < 1.29 is 0 Å². The minimum atomic E-state index is 0.255. The summed E-state index contributed by atoms with van der Waals surface area (Å²) in [6, 6.07) is 5.19. The Bertz CT molecular complexity index is 759. The molecule has 0 amide bonds. The molecule has 0 radical (unpaired) electrons. The number of thiophene rings is 2. The average molecular weight is 401 g/mol. The summed E-state index contributed by atoms with van der Waals surface area (Å²) in [4.78, 5) is 6.33. The van der Waals surface area contributed by atoms with Gasteiger partial charge in [0.05, 0.1) is 0 Å². The zero-order valence-electron chi connectivity index (χ0n) is 17.7. The van der Waals surface area contributed by atoms with Crippen molar-refractivity contribution in [2.45, 2.75) is 109 Å². The first-order valence-electron chi connectivity index (χ1n) is 11.2. The molecule has 0 aliphatic heterocycles. The van der Waals surface area contributed by atoms with Crippen molar-refractivity contribution in [1.82, 2.24) is 0 Å². The molecule has 0 aromatic carbocycles. The Hall–Kier alpha value is -0.600. The number of hydrogen-bond donors (Lipinski definition) is 0. The lowest BCUT2D eigenvalue weighted by Crippen LogP contribution is -2.08. The van der Waals surface area contributed by atoms with Gasteiger partial charge in [0.25, 0.3) is 0 Å². The van der Waals surface area contributed by atoms with Gasteiger partial charge in [-0.2, -0.15) is 0 Å². The van der Waals surface area contributed by atoms with E-state index in [1.54, 1.807) is 30.6 Å². The maximum Gasteiger partial charge on any atom is 0.0480 e. The third-order valence-electron chi connectivity index (χ3n) is 6.77. The van der Waals surface area contributed by atoms with Gasteiger partial charge in [0.1, 0.15) is 0 Å². The molecule has 27 heavy (non-hydrogen) atoms. The molecular weight excluding hydrogens is 364 g/mol. The van der Waals surface area contributed by atoms with E-state index in [4.69, 9.17) is 0 Å². The molecule has 2 fully saturated rings. The van der Waals surface area contributed by atoms with Crippen LogP contribution in [-0.4, -0.2) is 0 Å². The van der Waals surface area contributed by atoms with Crippen molar-refractivity contribution >= 4 is 22.7 Å². The smallest absolute Gasteiger partial charge is 0.0480 e. The molecule has 2 heterocycles. The molecule has 0 bridgehead atoms. The summed E-state index contributed by atoms with van der Waals surface area (Å²) in [5.41, 5.74) is 3.61.